The molecule has 0 unspecified atom stereocenters. The first-order chi connectivity index (χ1) is 6.25. The van der Waals surface area contributed by atoms with E-state index in [1.807, 2.05) is 17.8 Å². The van der Waals surface area contributed by atoms with Crippen molar-refractivity contribution in [2.75, 3.05) is 0 Å². The van der Waals surface area contributed by atoms with E-state index in [2.05, 4.69) is 38.3 Å². The van der Waals surface area contributed by atoms with Crippen molar-refractivity contribution in [3.05, 3.63) is 30.5 Å². The van der Waals surface area contributed by atoms with Gasteiger partial charge in [0.15, 0.2) is 6.26 Å². The molecule has 1 nitrogen and oxygen atoms in total. The normalized spacial score (nSPS) is 11.3. The van der Waals surface area contributed by atoms with Crippen LogP contribution in [-0.2, 0) is 0 Å². The van der Waals surface area contributed by atoms with E-state index in [0.29, 0.717) is 5.25 Å². The zero-order chi connectivity index (χ0) is 9.26. The summed E-state index contributed by atoms with van der Waals surface area (Å²) in [6.07, 6.45) is 2.73. The zero-order valence-electron chi connectivity index (χ0n) is 7.70. The zero-order valence-corrected chi connectivity index (χ0v) is 8.52. The molecule has 1 aromatic heterocycles. The van der Waals surface area contributed by atoms with Crippen molar-refractivity contribution in [3.63, 3.8) is 0 Å². The van der Waals surface area contributed by atoms with Crippen molar-refractivity contribution in [2.45, 2.75) is 24.0 Å². The lowest BCUT2D eigenvalue weighted by molar-refractivity contribution is 0.605. The minimum atomic E-state index is 0.608. The van der Waals surface area contributed by atoms with Gasteiger partial charge in [-0.05, 0) is 24.3 Å². The van der Waals surface area contributed by atoms with Crippen molar-refractivity contribution < 1.29 is 4.42 Å². The van der Waals surface area contributed by atoms with E-state index in [1.165, 1.54) is 4.90 Å². The number of furan rings is 1. The molecule has 2 aromatic rings. The molecule has 2 heteroatoms. The van der Waals surface area contributed by atoms with Crippen LogP contribution >= 0.6 is 11.8 Å². The molecule has 1 radical (unpaired) electrons. The van der Waals surface area contributed by atoms with E-state index in [1.54, 1.807) is 0 Å². The van der Waals surface area contributed by atoms with Gasteiger partial charge in [-0.1, -0.05) is 13.8 Å². The van der Waals surface area contributed by atoms with Gasteiger partial charge in [0.25, 0.3) is 0 Å². The van der Waals surface area contributed by atoms with Crippen LogP contribution in [0.1, 0.15) is 13.8 Å². The fraction of sp³-hybridized carbons (Fsp3) is 0.273. The number of thioether (sulfide) groups is 1. The van der Waals surface area contributed by atoms with Crippen LogP contribution in [0.15, 0.2) is 33.6 Å². The van der Waals surface area contributed by atoms with Gasteiger partial charge in [0, 0.05) is 15.5 Å². The molecule has 2 rings (SSSR count). The third-order valence-corrected chi connectivity index (χ3v) is 2.74. The molecule has 0 N–H and O–H groups in total. The molecule has 0 amide bonds. The SMILES string of the molecule is CC(C)Sc1ccc2c[c]oc2c1. The lowest BCUT2D eigenvalue weighted by Crippen LogP contribution is -1.84. The molecule has 0 aliphatic carbocycles. The standard InChI is InChI=1S/C11H11OS/c1-8(2)13-10-4-3-9-5-6-12-11(9)7-10/h3-5,7-8H,1-2H3. The first-order valence-corrected chi connectivity index (χ1v) is 5.20. The van der Waals surface area contributed by atoms with Gasteiger partial charge in [0.05, 0.1) is 0 Å². The number of benzene rings is 1. The fourth-order valence-corrected chi connectivity index (χ4v) is 2.09. The first kappa shape index (κ1) is 8.70. The van der Waals surface area contributed by atoms with Crippen molar-refractivity contribution in [1.82, 2.24) is 0 Å². The van der Waals surface area contributed by atoms with Gasteiger partial charge in [-0.15, -0.1) is 11.8 Å². The van der Waals surface area contributed by atoms with Gasteiger partial charge in [0.2, 0.25) is 0 Å². The second kappa shape index (κ2) is 3.46. The molecule has 0 aliphatic rings. The van der Waals surface area contributed by atoms with Crippen molar-refractivity contribution >= 4 is 22.7 Å². The number of hydrogen-bond donors (Lipinski definition) is 0. The van der Waals surface area contributed by atoms with Crippen molar-refractivity contribution in [2.24, 2.45) is 0 Å². The maximum absolute atomic E-state index is 5.20. The summed E-state index contributed by atoms with van der Waals surface area (Å²) in [4.78, 5) is 1.26. The minimum Gasteiger partial charge on any atom is -0.453 e. The number of fused-ring (bicyclic) bond motifs is 1. The molecular weight excluding hydrogens is 180 g/mol. The van der Waals surface area contributed by atoms with Crippen LogP contribution in [0.25, 0.3) is 11.0 Å². The van der Waals surface area contributed by atoms with E-state index in [9.17, 15) is 0 Å². The van der Waals surface area contributed by atoms with E-state index < -0.39 is 0 Å². The van der Waals surface area contributed by atoms with E-state index >= 15 is 0 Å². The highest BCUT2D eigenvalue weighted by atomic mass is 32.2. The highest BCUT2D eigenvalue weighted by Gasteiger charge is 2.01. The quantitative estimate of drug-likeness (QED) is 0.671. The molecule has 0 atom stereocenters. The summed E-state index contributed by atoms with van der Waals surface area (Å²) in [5.74, 6) is 0. The summed E-state index contributed by atoms with van der Waals surface area (Å²) in [7, 11) is 0. The average Bonchev–Trinajstić information content (AvgIpc) is 2.49. The van der Waals surface area contributed by atoms with Gasteiger partial charge < -0.3 is 4.42 Å². The van der Waals surface area contributed by atoms with Crippen LogP contribution in [-0.4, -0.2) is 5.25 Å². The largest absolute Gasteiger partial charge is 0.453 e. The molecular formula is C11H11OS. The van der Waals surface area contributed by atoms with Crippen LogP contribution in [0.2, 0.25) is 0 Å². The monoisotopic (exact) mass is 191 g/mol. The Balaban J connectivity index is 2.37. The first-order valence-electron chi connectivity index (χ1n) is 4.32. The molecule has 0 bridgehead atoms. The van der Waals surface area contributed by atoms with Crippen LogP contribution < -0.4 is 0 Å². The van der Waals surface area contributed by atoms with Crippen molar-refractivity contribution in [3.8, 4) is 0 Å². The maximum Gasteiger partial charge on any atom is 0.170 e. The Kier molecular flexibility index (Phi) is 2.32. The lowest BCUT2D eigenvalue weighted by Gasteiger charge is -2.03. The highest BCUT2D eigenvalue weighted by molar-refractivity contribution is 7.99. The Morgan fingerprint density at radius 1 is 1.38 bits per heavy atom. The van der Waals surface area contributed by atoms with Crippen LogP contribution in [0, 0.1) is 6.26 Å². The fourth-order valence-electron chi connectivity index (χ4n) is 1.22. The maximum atomic E-state index is 5.20. The molecule has 0 spiro atoms. The summed E-state index contributed by atoms with van der Waals surface area (Å²) in [5.41, 5.74) is 0.922. The smallest absolute Gasteiger partial charge is 0.170 e. The summed E-state index contributed by atoms with van der Waals surface area (Å²) in [6.45, 7) is 4.37. The molecule has 0 saturated carbocycles. The predicted octanol–water partition coefficient (Wildman–Crippen LogP) is 3.73. The Morgan fingerprint density at radius 3 is 3.00 bits per heavy atom. The van der Waals surface area contributed by atoms with Crippen LogP contribution in [0.3, 0.4) is 0 Å². The molecule has 67 valence electrons. The van der Waals surface area contributed by atoms with Gasteiger partial charge in [-0.2, -0.15) is 0 Å². The Morgan fingerprint density at radius 2 is 2.23 bits per heavy atom. The summed E-state index contributed by atoms with van der Waals surface area (Å²) in [5, 5.41) is 1.73. The van der Waals surface area contributed by atoms with E-state index in [-0.39, 0.29) is 0 Å². The number of hydrogen-bond acceptors (Lipinski definition) is 2. The molecule has 1 aromatic carbocycles. The molecule has 0 aliphatic heterocycles. The average molecular weight is 191 g/mol. The van der Waals surface area contributed by atoms with Crippen molar-refractivity contribution in [1.29, 1.82) is 0 Å². The Hall–Kier alpha value is -0.890. The van der Waals surface area contributed by atoms with E-state index in [0.717, 1.165) is 11.0 Å². The Labute approximate surface area is 82.1 Å². The summed E-state index contributed by atoms with van der Waals surface area (Å²) in [6, 6.07) is 8.12. The third-order valence-electron chi connectivity index (χ3n) is 1.74. The molecule has 0 saturated heterocycles. The summed E-state index contributed by atoms with van der Waals surface area (Å²) >= 11 is 1.84. The summed E-state index contributed by atoms with van der Waals surface area (Å²) < 4.78 is 5.20. The molecule has 0 fully saturated rings. The second-order valence-electron chi connectivity index (χ2n) is 3.23. The topological polar surface area (TPSA) is 13.1 Å². The second-order valence-corrected chi connectivity index (χ2v) is 4.88. The molecule has 1 heterocycles. The van der Waals surface area contributed by atoms with Crippen LogP contribution in [0.4, 0.5) is 0 Å². The van der Waals surface area contributed by atoms with Crippen LogP contribution in [0.5, 0.6) is 0 Å². The lowest BCUT2D eigenvalue weighted by atomic mass is 10.3. The minimum absolute atomic E-state index is 0.608. The Bertz CT molecular complexity index is 403. The van der Waals surface area contributed by atoms with Gasteiger partial charge >= 0.3 is 0 Å². The van der Waals surface area contributed by atoms with Gasteiger partial charge in [0.1, 0.15) is 5.58 Å². The van der Waals surface area contributed by atoms with Gasteiger partial charge in [-0.3, -0.25) is 0 Å². The van der Waals surface area contributed by atoms with Gasteiger partial charge in [-0.25, -0.2) is 0 Å². The predicted molar refractivity (Wildman–Crippen MR) is 56.0 cm³/mol. The van der Waals surface area contributed by atoms with E-state index in [4.69, 9.17) is 4.42 Å². The third kappa shape index (κ3) is 1.89. The number of rotatable bonds is 2. The molecule has 13 heavy (non-hydrogen) atoms. The highest BCUT2D eigenvalue weighted by Crippen LogP contribution is 2.26.